The highest BCUT2D eigenvalue weighted by molar-refractivity contribution is 6.34. The van der Waals surface area contributed by atoms with E-state index >= 15 is 0 Å². The number of rotatable bonds is 5. The molecule has 1 aromatic heterocycles. The predicted molar refractivity (Wildman–Crippen MR) is 226 cm³/mol. The van der Waals surface area contributed by atoms with Crippen LogP contribution in [0.5, 0.6) is 0 Å². The lowest BCUT2D eigenvalue weighted by molar-refractivity contribution is 1.19. The molecule has 246 valence electrons. The Morgan fingerprint density at radius 2 is 0.774 bits per heavy atom. The van der Waals surface area contributed by atoms with Crippen molar-refractivity contribution in [2.24, 2.45) is 0 Å². The van der Waals surface area contributed by atoms with Crippen molar-refractivity contribution >= 4 is 54.1 Å². The molecule has 10 aromatic carbocycles. The third-order valence-corrected chi connectivity index (χ3v) is 11.1. The Kier molecular flexibility index (Phi) is 6.62. The number of nitrogens with zero attached hydrogens (tertiary/aromatic N) is 1. The van der Waals surface area contributed by atoms with Gasteiger partial charge in [0.2, 0.25) is 0 Å². The van der Waals surface area contributed by atoms with E-state index in [0.29, 0.717) is 0 Å². The van der Waals surface area contributed by atoms with E-state index in [9.17, 15) is 0 Å². The molecular weight excluding hydrogens is 639 g/mol. The molecule has 0 aliphatic heterocycles. The molecule has 0 saturated carbocycles. The first-order valence-corrected chi connectivity index (χ1v) is 18.3. The highest BCUT2D eigenvalue weighted by Crippen LogP contribution is 2.47. The van der Waals surface area contributed by atoms with Crippen molar-refractivity contribution in [1.82, 2.24) is 4.57 Å². The lowest BCUT2D eigenvalue weighted by atomic mass is 9.85. The van der Waals surface area contributed by atoms with Gasteiger partial charge in [0.1, 0.15) is 0 Å². The van der Waals surface area contributed by atoms with Gasteiger partial charge in [-0.15, -0.1) is 0 Å². The summed E-state index contributed by atoms with van der Waals surface area (Å²) < 4.78 is 2.52. The SMILES string of the molecule is c1ccc(-c2cc(-c3ccccc3)cc(-n3c4ccccc4c4cc5ccc6c(-c7ccccc7)cc(-c7ccccc7)c7ccc(c5c67)c43)c2)cc1. The molecule has 0 saturated heterocycles. The van der Waals surface area contributed by atoms with E-state index in [2.05, 4.69) is 205 Å². The summed E-state index contributed by atoms with van der Waals surface area (Å²) in [7, 11) is 0. The molecule has 0 unspecified atom stereocenters. The topological polar surface area (TPSA) is 4.93 Å². The van der Waals surface area contributed by atoms with Gasteiger partial charge in [-0.25, -0.2) is 0 Å². The molecule has 1 heterocycles. The van der Waals surface area contributed by atoms with E-state index < -0.39 is 0 Å². The molecule has 53 heavy (non-hydrogen) atoms. The van der Waals surface area contributed by atoms with E-state index in [0.717, 1.165) is 5.69 Å². The standard InChI is InChI=1S/C52H33N/c1-5-15-34(16-6-1)39-29-40(35-17-7-2-8-18-35)31-41(30-39)53-49-24-14-13-23-42(49)48-32-38-25-26-43-46(36-19-9-3-10-20-36)33-47(37-21-11-4-12-22-37)44-27-28-45(52(48)53)50(38)51(43)44/h1-33H. The van der Waals surface area contributed by atoms with Crippen LogP contribution in [0.3, 0.4) is 0 Å². The number of hydrogen-bond donors (Lipinski definition) is 0. The van der Waals surface area contributed by atoms with Crippen LogP contribution in [0.25, 0.3) is 104 Å². The first kappa shape index (κ1) is 29.7. The molecule has 0 bridgehead atoms. The van der Waals surface area contributed by atoms with Crippen molar-refractivity contribution in [3.8, 4) is 50.2 Å². The van der Waals surface area contributed by atoms with Gasteiger partial charge in [-0.05, 0) is 108 Å². The van der Waals surface area contributed by atoms with Gasteiger partial charge >= 0.3 is 0 Å². The summed E-state index contributed by atoms with van der Waals surface area (Å²) in [6.07, 6.45) is 0. The van der Waals surface area contributed by atoms with Gasteiger partial charge in [-0.2, -0.15) is 0 Å². The van der Waals surface area contributed by atoms with Crippen LogP contribution >= 0.6 is 0 Å². The summed E-state index contributed by atoms with van der Waals surface area (Å²) in [6, 6.07) is 73.5. The molecule has 1 nitrogen and oxygen atoms in total. The van der Waals surface area contributed by atoms with Crippen LogP contribution in [0, 0.1) is 0 Å². The molecule has 0 aliphatic rings. The van der Waals surface area contributed by atoms with Crippen molar-refractivity contribution in [3.63, 3.8) is 0 Å². The summed E-state index contributed by atoms with van der Waals surface area (Å²) in [5.74, 6) is 0. The Hall–Kier alpha value is -6.96. The van der Waals surface area contributed by atoms with Crippen molar-refractivity contribution in [2.75, 3.05) is 0 Å². The predicted octanol–water partition coefficient (Wildman–Crippen LogP) is 14.3. The third kappa shape index (κ3) is 4.64. The smallest absolute Gasteiger partial charge is 0.0620 e. The highest BCUT2D eigenvalue weighted by Gasteiger charge is 2.22. The lowest BCUT2D eigenvalue weighted by Gasteiger charge is -2.19. The maximum Gasteiger partial charge on any atom is 0.0620 e. The van der Waals surface area contributed by atoms with Gasteiger partial charge in [0.25, 0.3) is 0 Å². The fourth-order valence-electron chi connectivity index (χ4n) is 8.74. The van der Waals surface area contributed by atoms with E-state index in [1.807, 2.05) is 0 Å². The molecule has 11 aromatic rings. The number of hydrogen-bond acceptors (Lipinski definition) is 0. The summed E-state index contributed by atoms with van der Waals surface area (Å²) in [4.78, 5) is 0. The maximum atomic E-state index is 2.52. The van der Waals surface area contributed by atoms with Gasteiger partial charge in [0.05, 0.1) is 11.0 Å². The molecule has 0 N–H and O–H groups in total. The zero-order valence-electron chi connectivity index (χ0n) is 29.0. The average molecular weight is 672 g/mol. The second kappa shape index (κ2) is 11.8. The van der Waals surface area contributed by atoms with Crippen molar-refractivity contribution in [1.29, 1.82) is 0 Å². The van der Waals surface area contributed by atoms with Crippen LogP contribution in [0.4, 0.5) is 0 Å². The van der Waals surface area contributed by atoms with Gasteiger partial charge in [0.15, 0.2) is 0 Å². The van der Waals surface area contributed by atoms with E-state index in [1.54, 1.807) is 0 Å². The normalized spacial score (nSPS) is 11.8. The zero-order valence-corrected chi connectivity index (χ0v) is 29.0. The Bertz CT molecular complexity index is 3000. The quantitative estimate of drug-likeness (QED) is 0.161. The van der Waals surface area contributed by atoms with Crippen molar-refractivity contribution in [2.45, 2.75) is 0 Å². The Labute approximate surface area is 308 Å². The molecule has 0 amide bonds. The minimum Gasteiger partial charge on any atom is -0.309 e. The number of aromatic nitrogens is 1. The highest BCUT2D eigenvalue weighted by atomic mass is 15.0. The first-order chi connectivity index (χ1) is 26.3. The van der Waals surface area contributed by atoms with Gasteiger partial charge in [0, 0.05) is 21.8 Å². The van der Waals surface area contributed by atoms with Gasteiger partial charge in [-0.3, -0.25) is 0 Å². The lowest BCUT2D eigenvalue weighted by Crippen LogP contribution is -1.97. The van der Waals surface area contributed by atoms with Crippen molar-refractivity contribution < 1.29 is 0 Å². The first-order valence-electron chi connectivity index (χ1n) is 18.3. The average Bonchev–Trinajstić information content (AvgIpc) is 3.58. The minimum absolute atomic E-state index is 1.15. The van der Waals surface area contributed by atoms with Crippen LogP contribution in [0.15, 0.2) is 200 Å². The van der Waals surface area contributed by atoms with Crippen LogP contribution in [0.2, 0.25) is 0 Å². The maximum absolute atomic E-state index is 2.52. The fourth-order valence-corrected chi connectivity index (χ4v) is 8.74. The van der Waals surface area contributed by atoms with Gasteiger partial charge < -0.3 is 4.57 Å². The van der Waals surface area contributed by atoms with Crippen molar-refractivity contribution in [3.05, 3.63) is 200 Å². The molecule has 0 atom stereocenters. The largest absolute Gasteiger partial charge is 0.309 e. The Balaban J connectivity index is 1.30. The molecule has 1 heteroatoms. The molecule has 0 radical (unpaired) electrons. The second-order valence-corrected chi connectivity index (χ2v) is 14.1. The Morgan fingerprint density at radius 3 is 1.36 bits per heavy atom. The molecular formula is C52H33N. The molecule has 0 spiro atoms. The molecule has 0 aliphatic carbocycles. The van der Waals surface area contributed by atoms with Crippen LogP contribution in [0.1, 0.15) is 0 Å². The van der Waals surface area contributed by atoms with E-state index in [1.165, 1.54) is 98.6 Å². The molecule has 0 fully saturated rings. The Morgan fingerprint density at radius 1 is 0.283 bits per heavy atom. The monoisotopic (exact) mass is 671 g/mol. The zero-order chi connectivity index (χ0) is 34.9. The fraction of sp³-hybridized carbons (Fsp3) is 0. The summed E-state index contributed by atoms with van der Waals surface area (Å²) in [5.41, 5.74) is 13.4. The second-order valence-electron chi connectivity index (χ2n) is 14.1. The summed E-state index contributed by atoms with van der Waals surface area (Å²) in [5, 5.41) is 10.3. The number of fused-ring (bicyclic) bond motifs is 4. The van der Waals surface area contributed by atoms with E-state index in [4.69, 9.17) is 0 Å². The van der Waals surface area contributed by atoms with Crippen LogP contribution < -0.4 is 0 Å². The summed E-state index contributed by atoms with van der Waals surface area (Å²) in [6.45, 7) is 0. The minimum atomic E-state index is 1.15. The number of benzene rings is 10. The van der Waals surface area contributed by atoms with Gasteiger partial charge in [-0.1, -0.05) is 164 Å². The number of para-hydroxylation sites is 1. The van der Waals surface area contributed by atoms with E-state index in [-0.39, 0.29) is 0 Å². The van der Waals surface area contributed by atoms with Crippen LogP contribution in [-0.2, 0) is 0 Å². The summed E-state index contributed by atoms with van der Waals surface area (Å²) >= 11 is 0. The third-order valence-electron chi connectivity index (χ3n) is 11.1. The molecule has 11 rings (SSSR count). The van der Waals surface area contributed by atoms with Crippen LogP contribution in [-0.4, -0.2) is 4.57 Å².